The Kier molecular flexibility index (Phi) is 2.97. The van der Waals surface area contributed by atoms with Gasteiger partial charge in [-0.1, -0.05) is 12.8 Å². The van der Waals surface area contributed by atoms with Crippen LogP contribution in [-0.4, -0.2) is 36.1 Å². The van der Waals surface area contributed by atoms with E-state index in [1.165, 1.54) is 58.2 Å². The molecule has 108 valence electrons. The van der Waals surface area contributed by atoms with Crippen LogP contribution in [0.5, 0.6) is 0 Å². The molecule has 0 spiro atoms. The zero-order valence-electron chi connectivity index (χ0n) is 12.7. The van der Waals surface area contributed by atoms with E-state index in [0.717, 1.165) is 29.7 Å². The molecule has 2 aliphatic carbocycles. The van der Waals surface area contributed by atoms with Gasteiger partial charge in [-0.15, -0.1) is 0 Å². The van der Waals surface area contributed by atoms with E-state index in [-0.39, 0.29) is 0 Å². The normalized spacial score (nSPS) is 46.4. The summed E-state index contributed by atoms with van der Waals surface area (Å²) in [6.45, 7) is 8.93. The summed E-state index contributed by atoms with van der Waals surface area (Å²) in [7, 11) is 0. The molecular weight excluding hydrogens is 232 g/mol. The summed E-state index contributed by atoms with van der Waals surface area (Å²) in [6.07, 6.45) is 9.09. The van der Waals surface area contributed by atoms with Gasteiger partial charge in [-0.05, 0) is 69.7 Å². The predicted octanol–water partition coefficient (Wildman–Crippen LogP) is 2.89. The van der Waals surface area contributed by atoms with Crippen molar-refractivity contribution in [2.75, 3.05) is 19.6 Å². The number of nitrogens with one attached hydrogen (secondary N) is 1. The summed E-state index contributed by atoms with van der Waals surface area (Å²) in [5.74, 6) is 4.02. The van der Waals surface area contributed by atoms with E-state index in [1.807, 2.05) is 0 Å². The van der Waals surface area contributed by atoms with E-state index in [0.29, 0.717) is 5.54 Å². The van der Waals surface area contributed by atoms with Crippen LogP contribution in [-0.2, 0) is 0 Å². The van der Waals surface area contributed by atoms with Crippen molar-refractivity contribution in [2.45, 2.75) is 64.0 Å². The third-order valence-corrected chi connectivity index (χ3v) is 6.84. The summed E-state index contributed by atoms with van der Waals surface area (Å²) in [4.78, 5) is 2.93. The second-order valence-electron chi connectivity index (χ2n) is 8.25. The lowest BCUT2D eigenvalue weighted by molar-refractivity contribution is 0.0509. The SMILES string of the molecule is CC1(C)C2CNCC2CN1C1CCCC(C2CC2)C1. The Morgan fingerprint density at radius 1 is 0.947 bits per heavy atom. The maximum Gasteiger partial charge on any atom is 0.0200 e. The number of fused-ring (bicyclic) bond motifs is 1. The van der Waals surface area contributed by atoms with Gasteiger partial charge in [0.25, 0.3) is 0 Å². The molecule has 0 bridgehead atoms. The topological polar surface area (TPSA) is 15.3 Å². The average molecular weight is 262 g/mol. The molecule has 0 aromatic rings. The second kappa shape index (κ2) is 4.46. The Bertz CT molecular complexity index is 347. The number of hydrogen-bond donors (Lipinski definition) is 1. The molecule has 4 aliphatic rings. The van der Waals surface area contributed by atoms with Crippen molar-refractivity contribution in [3.8, 4) is 0 Å². The highest BCUT2D eigenvalue weighted by Crippen LogP contribution is 2.48. The lowest BCUT2D eigenvalue weighted by Gasteiger charge is -2.44. The summed E-state index contributed by atoms with van der Waals surface area (Å²) in [6, 6.07) is 0.903. The highest BCUT2D eigenvalue weighted by atomic mass is 15.3. The number of hydrogen-bond acceptors (Lipinski definition) is 2. The van der Waals surface area contributed by atoms with Crippen LogP contribution in [0.3, 0.4) is 0 Å². The van der Waals surface area contributed by atoms with Crippen molar-refractivity contribution in [3.63, 3.8) is 0 Å². The second-order valence-corrected chi connectivity index (χ2v) is 8.25. The Balaban J connectivity index is 1.49. The van der Waals surface area contributed by atoms with Gasteiger partial charge in [-0.3, -0.25) is 4.90 Å². The van der Waals surface area contributed by atoms with Crippen molar-refractivity contribution >= 4 is 0 Å². The summed E-state index contributed by atoms with van der Waals surface area (Å²) < 4.78 is 0. The minimum absolute atomic E-state index is 0.435. The third kappa shape index (κ3) is 2.06. The molecule has 0 aromatic carbocycles. The van der Waals surface area contributed by atoms with Crippen LogP contribution < -0.4 is 5.32 Å². The minimum atomic E-state index is 0.435. The lowest BCUT2D eigenvalue weighted by Crippen LogP contribution is -2.51. The van der Waals surface area contributed by atoms with E-state index in [9.17, 15) is 0 Å². The molecule has 0 radical (unpaired) electrons. The van der Waals surface area contributed by atoms with Crippen LogP contribution in [0.1, 0.15) is 52.4 Å². The molecule has 2 nitrogen and oxygen atoms in total. The monoisotopic (exact) mass is 262 g/mol. The zero-order valence-corrected chi connectivity index (χ0v) is 12.7. The third-order valence-electron chi connectivity index (χ3n) is 6.84. The summed E-state index contributed by atoms with van der Waals surface area (Å²) in [5, 5.41) is 3.61. The molecule has 4 rings (SSSR count). The molecule has 0 aromatic heterocycles. The lowest BCUT2D eigenvalue weighted by atomic mass is 9.79. The van der Waals surface area contributed by atoms with Crippen LogP contribution in [0, 0.1) is 23.7 Å². The Labute approximate surface area is 118 Å². The molecule has 4 unspecified atom stereocenters. The van der Waals surface area contributed by atoms with Crippen LogP contribution in [0.4, 0.5) is 0 Å². The van der Waals surface area contributed by atoms with Crippen molar-refractivity contribution in [1.82, 2.24) is 10.2 Å². The van der Waals surface area contributed by atoms with Crippen LogP contribution in [0.2, 0.25) is 0 Å². The molecule has 4 atom stereocenters. The first-order valence-corrected chi connectivity index (χ1v) is 8.63. The summed E-state index contributed by atoms with van der Waals surface area (Å²) in [5.41, 5.74) is 0.435. The Morgan fingerprint density at radius 2 is 1.79 bits per heavy atom. The molecule has 2 heterocycles. The van der Waals surface area contributed by atoms with E-state index in [2.05, 4.69) is 24.1 Å². The van der Waals surface area contributed by atoms with Crippen molar-refractivity contribution in [1.29, 1.82) is 0 Å². The fourth-order valence-corrected chi connectivity index (χ4v) is 5.55. The fourth-order valence-electron chi connectivity index (χ4n) is 5.55. The standard InChI is InChI=1S/C17H30N2/c1-17(2)16-10-18-9-14(16)11-19(17)15-5-3-4-13(8-15)12-6-7-12/h12-16,18H,3-11H2,1-2H3. The molecule has 0 amide bonds. The molecule has 2 saturated carbocycles. The van der Waals surface area contributed by atoms with Gasteiger partial charge in [-0.25, -0.2) is 0 Å². The van der Waals surface area contributed by atoms with Gasteiger partial charge in [-0.2, -0.15) is 0 Å². The van der Waals surface area contributed by atoms with Gasteiger partial charge < -0.3 is 5.32 Å². The maximum atomic E-state index is 3.61. The highest BCUT2D eigenvalue weighted by Gasteiger charge is 2.52. The molecule has 2 aliphatic heterocycles. The Morgan fingerprint density at radius 3 is 2.53 bits per heavy atom. The minimum Gasteiger partial charge on any atom is -0.316 e. The van der Waals surface area contributed by atoms with Crippen LogP contribution in [0.15, 0.2) is 0 Å². The van der Waals surface area contributed by atoms with Crippen molar-refractivity contribution in [2.24, 2.45) is 23.7 Å². The molecule has 4 fully saturated rings. The van der Waals surface area contributed by atoms with E-state index in [1.54, 1.807) is 0 Å². The van der Waals surface area contributed by atoms with Gasteiger partial charge >= 0.3 is 0 Å². The first kappa shape index (κ1) is 12.6. The quantitative estimate of drug-likeness (QED) is 0.823. The molecule has 2 heteroatoms. The van der Waals surface area contributed by atoms with Gasteiger partial charge in [0.1, 0.15) is 0 Å². The van der Waals surface area contributed by atoms with E-state index >= 15 is 0 Å². The van der Waals surface area contributed by atoms with Crippen molar-refractivity contribution in [3.05, 3.63) is 0 Å². The van der Waals surface area contributed by atoms with Gasteiger partial charge in [0.15, 0.2) is 0 Å². The zero-order chi connectivity index (χ0) is 13.0. The summed E-state index contributed by atoms with van der Waals surface area (Å²) >= 11 is 0. The first-order valence-electron chi connectivity index (χ1n) is 8.63. The number of rotatable bonds is 2. The molecule has 19 heavy (non-hydrogen) atoms. The average Bonchev–Trinajstić information content (AvgIpc) is 3.08. The number of nitrogens with zero attached hydrogens (tertiary/aromatic N) is 1. The van der Waals surface area contributed by atoms with Gasteiger partial charge in [0.05, 0.1) is 0 Å². The maximum absolute atomic E-state index is 3.61. The first-order chi connectivity index (χ1) is 9.16. The largest absolute Gasteiger partial charge is 0.316 e. The number of likely N-dealkylation sites (tertiary alicyclic amines) is 1. The van der Waals surface area contributed by atoms with Crippen LogP contribution >= 0.6 is 0 Å². The molecular formula is C17H30N2. The molecule has 1 N–H and O–H groups in total. The highest BCUT2D eigenvalue weighted by molar-refractivity contribution is 5.07. The van der Waals surface area contributed by atoms with Gasteiger partial charge in [0.2, 0.25) is 0 Å². The Hall–Kier alpha value is -0.0800. The molecule has 2 saturated heterocycles. The van der Waals surface area contributed by atoms with E-state index in [4.69, 9.17) is 0 Å². The predicted molar refractivity (Wildman–Crippen MR) is 79.1 cm³/mol. The van der Waals surface area contributed by atoms with Gasteiger partial charge in [0, 0.05) is 24.7 Å². The van der Waals surface area contributed by atoms with Crippen LogP contribution in [0.25, 0.3) is 0 Å². The smallest absolute Gasteiger partial charge is 0.0200 e. The van der Waals surface area contributed by atoms with Crippen molar-refractivity contribution < 1.29 is 0 Å². The fraction of sp³-hybridized carbons (Fsp3) is 1.00. The van der Waals surface area contributed by atoms with E-state index < -0.39 is 0 Å².